The summed E-state index contributed by atoms with van der Waals surface area (Å²) in [7, 11) is 0. The summed E-state index contributed by atoms with van der Waals surface area (Å²) in [6.07, 6.45) is 4.99. The van der Waals surface area contributed by atoms with Crippen LogP contribution in [0.1, 0.15) is 49.9 Å². The number of aromatic carboxylic acids is 1. The van der Waals surface area contributed by atoms with E-state index < -0.39 is 5.97 Å². The molecule has 1 fully saturated rings. The predicted octanol–water partition coefficient (Wildman–Crippen LogP) is 3.79. The van der Waals surface area contributed by atoms with E-state index in [0.29, 0.717) is 11.0 Å². The maximum absolute atomic E-state index is 10.8. The fourth-order valence-electron chi connectivity index (χ4n) is 3.01. The Balaban J connectivity index is 2.03. The zero-order valence-corrected chi connectivity index (χ0v) is 11.9. The van der Waals surface area contributed by atoms with Gasteiger partial charge >= 0.3 is 5.97 Å². The first-order chi connectivity index (χ1) is 9.10. The molecule has 3 nitrogen and oxygen atoms in total. The molecule has 0 atom stereocenters. The van der Waals surface area contributed by atoms with Crippen LogP contribution in [-0.2, 0) is 0 Å². The van der Waals surface area contributed by atoms with E-state index in [4.69, 9.17) is 5.11 Å². The summed E-state index contributed by atoms with van der Waals surface area (Å²) in [5, 5.41) is 8.90. The molecule has 0 radical (unpaired) electrons. The maximum atomic E-state index is 10.8. The van der Waals surface area contributed by atoms with Crippen LogP contribution in [0.25, 0.3) is 0 Å². The van der Waals surface area contributed by atoms with Gasteiger partial charge in [0.25, 0.3) is 0 Å². The lowest BCUT2D eigenvalue weighted by Gasteiger charge is -2.42. The Hall–Kier alpha value is -1.51. The normalized spacial score (nSPS) is 18.3. The molecule has 1 aromatic carbocycles. The van der Waals surface area contributed by atoms with Gasteiger partial charge in [0.2, 0.25) is 0 Å². The molecule has 2 rings (SSSR count). The van der Waals surface area contributed by atoms with Gasteiger partial charge in [-0.15, -0.1) is 0 Å². The Kier molecular flexibility index (Phi) is 4.13. The third-order valence-electron chi connectivity index (χ3n) is 4.80. The molecule has 0 unspecified atom stereocenters. The first kappa shape index (κ1) is 13.9. The minimum absolute atomic E-state index is 0.359. The number of carboxylic acid groups (broad SMARTS) is 1. The second-order valence-corrected chi connectivity index (χ2v) is 5.55. The number of carboxylic acids is 1. The molecule has 104 valence electrons. The van der Waals surface area contributed by atoms with Crippen molar-refractivity contribution in [1.82, 2.24) is 0 Å². The Morgan fingerprint density at radius 1 is 1.16 bits per heavy atom. The van der Waals surface area contributed by atoms with E-state index in [2.05, 4.69) is 18.7 Å². The summed E-state index contributed by atoms with van der Waals surface area (Å²) in [4.78, 5) is 13.2. The molecule has 1 saturated heterocycles. The molecule has 0 saturated carbocycles. The molecule has 1 aromatic rings. The lowest BCUT2D eigenvalue weighted by Crippen LogP contribution is -2.39. The Morgan fingerprint density at radius 3 is 2.11 bits per heavy atom. The Bertz CT molecular complexity index is 425. The monoisotopic (exact) mass is 261 g/mol. The molecular weight excluding hydrogens is 238 g/mol. The zero-order chi connectivity index (χ0) is 13.9. The maximum Gasteiger partial charge on any atom is 0.335 e. The van der Waals surface area contributed by atoms with Gasteiger partial charge in [0.1, 0.15) is 0 Å². The van der Waals surface area contributed by atoms with Crippen LogP contribution < -0.4 is 4.90 Å². The van der Waals surface area contributed by atoms with Crippen LogP contribution in [0.2, 0.25) is 0 Å². The van der Waals surface area contributed by atoms with Crippen LogP contribution in [0.5, 0.6) is 0 Å². The molecule has 0 aromatic heterocycles. The lowest BCUT2D eigenvalue weighted by atomic mass is 9.74. The molecule has 3 heteroatoms. The molecule has 0 amide bonds. The van der Waals surface area contributed by atoms with Gasteiger partial charge in [0.15, 0.2) is 0 Å². The third kappa shape index (κ3) is 2.91. The van der Waals surface area contributed by atoms with Crippen molar-refractivity contribution in [3.8, 4) is 0 Å². The quantitative estimate of drug-likeness (QED) is 0.896. The van der Waals surface area contributed by atoms with Gasteiger partial charge in [-0.1, -0.05) is 26.7 Å². The van der Waals surface area contributed by atoms with Gasteiger partial charge in [-0.3, -0.25) is 0 Å². The number of hydrogen-bond acceptors (Lipinski definition) is 2. The van der Waals surface area contributed by atoms with Crippen molar-refractivity contribution < 1.29 is 9.90 Å². The predicted molar refractivity (Wildman–Crippen MR) is 77.9 cm³/mol. The van der Waals surface area contributed by atoms with Crippen LogP contribution in [0, 0.1) is 5.41 Å². The first-order valence-electron chi connectivity index (χ1n) is 7.18. The standard InChI is InChI=1S/C16H23NO2/c1-3-16(4-2)9-11-17(12-10-16)14-7-5-13(6-8-14)15(18)19/h5-8H,3-4,9-12H2,1-2H3,(H,18,19). The van der Waals surface area contributed by atoms with Gasteiger partial charge in [-0.05, 0) is 42.5 Å². The number of benzene rings is 1. The van der Waals surface area contributed by atoms with Crippen LogP contribution in [0.3, 0.4) is 0 Å². The fraction of sp³-hybridized carbons (Fsp3) is 0.562. The average molecular weight is 261 g/mol. The van der Waals surface area contributed by atoms with E-state index in [9.17, 15) is 4.79 Å². The lowest BCUT2D eigenvalue weighted by molar-refractivity contribution is 0.0697. The second kappa shape index (κ2) is 5.64. The molecule has 1 aliphatic rings. The number of rotatable bonds is 4. The second-order valence-electron chi connectivity index (χ2n) is 5.55. The van der Waals surface area contributed by atoms with Gasteiger partial charge in [-0.25, -0.2) is 4.79 Å². The van der Waals surface area contributed by atoms with Gasteiger partial charge < -0.3 is 10.0 Å². The summed E-state index contributed by atoms with van der Waals surface area (Å²) < 4.78 is 0. The SMILES string of the molecule is CCC1(CC)CCN(c2ccc(C(=O)O)cc2)CC1. The van der Waals surface area contributed by atoms with E-state index >= 15 is 0 Å². The van der Waals surface area contributed by atoms with Gasteiger partial charge in [0, 0.05) is 18.8 Å². The topological polar surface area (TPSA) is 40.5 Å². The fourth-order valence-corrected chi connectivity index (χ4v) is 3.01. The molecule has 1 N–H and O–H groups in total. The van der Waals surface area contributed by atoms with Crippen molar-refractivity contribution in [3.63, 3.8) is 0 Å². The summed E-state index contributed by atoms with van der Waals surface area (Å²) >= 11 is 0. The summed E-state index contributed by atoms with van der Waals surface area (Å²) in [5.41, 5.74) is 2.03. The highest BCUT2D eigenvalue weighted by Crippen LogP contribution is 2.39. The highest BCUT2D eigenvalue weighted by molar-refractivity contribution is 5.88. The van der Waals surface area contributed by atoms with Crippen molar-refractivity contribution in [2.24, 2.45) is 5.41 Å². The van der Waals surface area contributed by atoms with Crippen LogP contribution in [-0.4, -0.2) is 24.2 Å². The first-order valence-corrected chi connectivity index (χ1v) is 7.18. The van der Waals surface area contributed by atoms with Crippen LogP contribution in [0.4, 0.5) is 5.69 Å². The Morgan fingerprint density at radius 2 is 1.68 bits per heavy atom. The van der Waals surface area contributed by atoms with Gasteiger partial charge in [-0.2, -0.15) is 0 Å². The van der Waals surface area contributed by atoms with E-state index in [-0.39, 0.29) is 0 Å². The Labute approximate surface area is 115 Å². The number of anilines is 1. The summed E-state index contributed by atoms with van der Waals surface area (Å²) in [5.74, 6) is -0.860. The van der Waals surface area contributed by atoms with E-state index in [1.807, 2.05) is 12.1 Å². The van der Waals surface area contributed by atoms with Crippen molar-refractivity contribution in [2.45, 2.75) is 39.5 Å². The van der Waals surface area contributed by atoms with Gasteiger partial charge in [0.05, 0.1) is 5.56 Å². The number of piperidine rings is 1. The van der Waals surface area contributed by atoms with Crippen molar-refractivity contribution in [1.29, 1.82) is 0 Å². The highest BCUT2D eigenvalue weighted by atomic mass is 16.4. The largest absolute Gasteiger partial charge is 0.478 e. The molecule has 19 heavy (non-hydrogen) atoms. The number of hydrogen-bond donors (Lipinski definition) is 1. The summed E-state index contributed by atoms with van der Waals surface area (Å²) in [6.45, 7) is 6.74. The summed E-state index contributed by atoms with van der Waals surface area (Å²) in [6, 6.07) is 7.24. The zero-order valence-electron chi connectivity index (χ0n) is 11.9. The van der Waals surface area contributed by atoms with Crippen LogP contribution >= 0.6 is 0 Å². The van der Waals surface area contributed by atoms with E-state index in [0.717, 1.165) is 18.8 Å². The van der Waals surface area contributed by atoms with Crippen molar-refractivity contribution in [2.75, 3.05) is 18.0 Å². The van der Waals surface area contributed by atoms with E-state index in [1.165, 1.54) is 25.7 Å². The number of carbonyl (C=O) groups is 1. The third-order valence-corrected chi connectivity index (χ3v) is 4.80. The molecule has 0 spiro atoms. The minimum atomic E-state index is -0.860. The van der Waals surface area contributed by atoms with E-state index in [1.54, 1.807) is 12.1 Å². The molecule has 0 bridgehead atoms. The minimum Gasteiger partial charge on any atom is -0.478 e. The average Bonchev–Trinajstić information content (AvgIpc) is 2.47. The number of nitrogens with zero attached hydrogens (tertiary/aromatic N) is 1. The van der Waals surface area contributed by atoms with Crippen molar-refractivity contribution >= 4 is 11.7 Å². The van der Waals surface area contributed by atoms with Crippen molar-refractivity contribution in [3.05, 3.63) is 29.8 Å². The molecule has 1 heterocycles. The molecule has 0 aliphatic carbocycles. The van der Waals surface area contributed by atoms with Crippen LogP contribution in [0.15, 0.2) is 24.3 Å². The smallest absolute Gasteiger partial charge is 0.335 e. The highest BCUT2D eigenvalue weighted by Gasteiger charge is 2.31. The molecular formula is C16H23NO2. The molecule has 1 aliphatic heterocycles.